The van der Waals surface area contributed by atoms with E-state index in [0.717, 1.165) is 31.6 Å². The van der Waals surface area contributed by atoms with Crippen molar-refractivity contribution in [2.75, 3.05) is 19.6 Å². The molecule has 2 fully saturated rings. The Balaban J connectivity index is 1.60. The van der Waals surface area contributed by atoms with Crippen LogP contribution in [0.1, 0.15) is 48.0 Å². The number of hydrogen-bond acceptors (Lipinski definition) is 3. The largest absolute Gasteiger partial charge is 0.464 e. The summed E-state index contributed by atoms with van der Waals surface area (Å²) < 4.78 is 14.2. The predicted octanol–water partition coefficient (Wildman–Crippen LogP) is 3.99. The number of carbonyl (C=O) groups excluding carboxylic acids is 1. The van der Waals surface area contributed by atoms with E-state index < -0.39 is 0 Å². The smallest absolute Gasteiger partial charge is 0.403 e. The van der Waals surface area contributed by atoms with Crippen LogP contribution in [0.3, 0.4) is 0 Å². The van der Waals surface area contributed by atoms with Crippen LogP contribution in [0, 0.1) is 5.92 Å². The van der Waals surface area contributed by atoms with E-state index in [1.54, 1.807) is 0 Å². The molecule has 0 aromatic carbocycles. The number of hydrogen-bond donors (Lipinski definition) is 0. The minimum absolute atomic E-state index is 0.0438. The lowest BCUT2D eigenvalue weighted by Crippen LogP contribution is -2.41. The van der Waals surface area contributed by atoms with Crippen molar-refractivity contribution < 1.29 is 18.7 Å². The predicted molar refractivity (Wildman–Crippen MR) is 123 cm³/mol. The summed E-state index contributed by atoms with van der Waals surface area (Å²) in [7, 11) is -0.312. The highest BCUT2D eigenvalue weighted by atomic mass is 16.7. The van der Waals surface area contributed by atoms with Crippen LogP contribution in [0.2, 0.25) is 5.82 Å². The van der Waals surface area contributed by atoms with E-state index in [-0.39, 0.29) is 30.0 Å². The number of rotatable bonds is 5. The van der Waals surface area contributed by atoms with Crippen LogP contribution in [-0.2, 0) is 14.1 Å². The highest BCUT2D eigenvalue weighted by Gasteiger charge is 2.52. The maximum atomic E-state index is 13.1. The van der Waals surface area contributed by atoms with Gasteiger partial charge in [0.1, 0.15) is 6.72 Å². The van der Waals surface area contributed by atoms with Gasteiger partial charge >= 0.3 is 7.12 Å². The normalized spacial score (nSPS) is 27.1. The van der Waals surface area contributed by atoms with Crippen molar-refractivity contribution in [3.8, 4) is 0 Å². The zero-order chi connectivity index (χ0) is 22.1. The monoisotopic (exact) mass is 411 g/mol. The van der Waals surface area contributed by atoms with Crippen LogP contribution >= 0.6 is 0 Å². The van der Waals surface area contributed by atoms with Gasteiger partial charge in [-0.1, -0.05) is 31.2 Å². The molecule has 30 heavy (non-hydrogen) atoms. The maximum absolute atomic E-state index is 13.1. The summed E-state index contributed by atoms with van der Waals surface area (Å²) in [5.41, 5.74) is 1.37. The van der Waals surface area contributed by atoms with E-state index in [2.05, 4.69) is 47.4 Å². The van der Waals surface area contributed by atoms with E-state index in [9.17, 15) is 4.79 Å². The Morgan fingerprint density at radius 3 is 2.60 bits per heavy atom. The second kappa shape index (κ2) is 8.68. The Morgan fingerprint density at radius 2 is 2.00 bits per heavy atom. The third kappa shape index (κ3) is 4.70. The molecule has 1 amide bonds. The molecule has 0 aromatic heterocycles. The van der Waals surface area contributed by atoms with E-state index in [4.69, 9.17) is 9.31 Å². The molecule has 0 aromatic rings. The van der Waals surface area contributed by atoms with Gasteiger partial charge in [-0.05, 0) is 46.6 Å². The Kier molecular flexibility index (Phi) is 6.58. The fourth-order valence-electron chi connectivity index (χ4n) is 4.06. The lowest BCUT2D eigenvalue weighted by Gasteiger charge is -2.32. The van der Waals surface area contributed by atoms with Crippen molar-refractivity contribution in [3.63, 3.8) is 0 Å². The Morgan fingerprint density at radius 1 is 1.33 bits per heavy atom. The molecule has 0 N–H and O–H groups in total. The van der Waals surface area contributed by atoms with Crippen LogP contribution in [0.5, 0.6) is 0 Å². The molecule has 162 valence electrons. The molecular formula is C24H36BN2O3+. The van der Waals surface area contributed by atoms with Gasteiger partial charge in [-0.3, -0.25) is 4.79 Å². The van der Waals surface area contributed by atoms with Gasteiger partial charge in [0.15, 0.2) is 12.7 Å². The molecule has 2 saturated heterocycles. The van der Waals surface area contributed by atoms with Crippen LogP contribution in [0.15, 0.2) is 47.7 Å². The second-order valence-corrected chi connectivity index (χ2v) is 9.65. The SMILES string of the molecule is C=[N+]1C=CC=C(C2CCN(C(=O)C(C=CC(C)B3OC(C)(C)C(C)(C)O3)=CC)C2)C1. The van der Waals surface area contributed by atoms with Gasteiger partial charge in [0.05, 0.1) is 11.2 Å². The zero-order valence-corrected chi connectivity index (χ0v) is 19.4. The first-order chi connectivity index (χ1) is 14.0. The van der Waals surface area contributed by atoms with Gasteiger partial charge in [-0.25, -0.2) is 4.58 Å². The van der Waals surface area contributed by atoms with E-state index in [0.29, 0.717) is 5.92 Å². The summed E-state index contributed by atoms with van der Waals surface area (Å²) in [5, 5.41) is 0. The molecule has 3 aliphatic rings. The third-order valence-electron chi connectivity index (χ3n) is 6.83. The highest BCUT2D eigenvalue weighted by molar-refractivity contribution is 6.48. The summed E-state index contributed by atoms with van der Waals surface area (Å²) in [4.78, 5) is 15.1. The lowest BCUT2D eigenvalue weighted by atomic mass is 9.73. The van der Waals surface area contributed by atoms with Crippen molar-refractivity contribution in [1.29, 1.82) is 0 Å². The van der Waals surface area contributed by atoms with Crippen LogP contribution < -0.4 is 0 Å². The van der Waals surface area contributed by atoms with Gasteiger partial charge in [0.2, 0.25) is 0 Å². The van der Waals surface area contributed by atoms with Crippen LogP contribution in [0.4, 0.5) is 0 Å². The molecule has 0 bridgehead atoms. The van der Waals surface area contributed by atoms with Crippen molar-refractivity contribution in [3.05, 3.63) is 47.7 Å². The molecule has 5 nitrogen and oxygen atoms in total. The molecule has 0 spiro atoms. The molecular weight excluding hydrogens is 375 g/mol. The van der Waals surface area contributed by atoms with Gasteiger partial charge in [-0.2, -0.15) is 0 Å². The minimum atomic E-state index is -0.351. The first-order valence-electron chi connectivity index (χ1n) is 11.0. The van der Waals surface area contributed by atoms with E-state index >= 15 is 0 Å². The number of carbonyl (C=O) groups is 1. The van der Waals surface area contributed by atoms with Crippen molar-refractivity contribution in [2.24, 2.45) is 5.92 Å². The molecule has 0 aliphatic carbocycles. The Hall–Kier alpha value is -1.92. The third-order valence-corrected chi connectivity index (χ3v) is 6.83. The zero-order valence-electron chi connectivity index (χ0n) is 19.4. The molecule has 2 unspecified atom stereocenters. The second-order valence-electron chi connectivity index (χ2n) is 9.65. The molecule has 3 rings (SSSR count). The quantitative estimate of drug-likeness (QED) is 0.297. The van der Waals surface area contributed by atoms with E-state index in [1.165, 1.54) is 5.57 Å². The summed E-state index contributed by atoms with van der Waals surface area (Å²) in [6.07, 6.45) is 13.0. The first kappa shape index (κ1) is 22.8. The summed E-state index contributed by atoms with van der Waals surface area (Å²) >= 11 is 0. The van der Waals surface area contributed by atoms with Gasteiger partial charge < -0.3 is 14.2 Å². The fourth-order valence-corrected chi connectivity index (χ4v) is 4.06. The number of likely N-dealkylation sites (tertiary alicyclic amines) is 1. The average molecular weight is 411 g/mol. The van der Waals surface area contributed by atoms with Gasteiger partial charge in [0.25, 0.3) is 5.91 Å². The minimum Gasteiger partial charge on any atom is -0.403 e. The van der Waals surface area contributed by atoms with Crippen molar-refractivity contribution in [2.45, 2.75) is 65.0 Å². The lowest BCUT2D eigenvalue weighted by molar-refractivity contribution is -0.440. The number of amides is 1. The summed E-state index contributed by atoms with van der Waals surface area (Å²) in [6.45, 7) is 18.6. The summed E-state index contributed by atoms with van der Waals surface area (Å²) in [6, 6.07) is 0. The summed E-state index contributed by atoms with van der Waals surface area (Å²) in [5.74, 6) is 0.548. The molecule has 3 aliphatic heterocycles. The standard InChI is InChI=1S/C24H36BN2O3/c1-8-19(12-11-18(2)25-29-23(3,4)24(5,6)30-25)22(28)27-15-13-21(17-27)20-10-9-14-26(7)16-20/h8-12,14,18,21H,7,13,15-17H2,1-6H3/q+1. The molecule has 6 heteroatoms. The average Bonchev–Trinajstić information content (AvgIpc) is 3.24. The number of allylic oxidation sites excluding steroid dienone is 4. The topological polar surface area (TPSA) is 41.8 Å². The van der Waals surface area contributed by atoms with Crippen LogP contribution in [0.25, 0.3) is 0 Å². The Labute approximate surface area is 182 Å². The van der Waals surface area contributed by atoms with Crippen molar-refractivity contribution in [1.82, 2.24) is 4.90 Å². The van der Waals surface area contributed by atoms with Gasteiger partial charge in [0, 0.05) is 36.5 Å². The molecule has 2 atom stereocenters. The fraction of sp³-hybridized carbons (Fsp3) is 0.583. The molecule has 0 saturated carbocycles. The Bertz CT molecular complexity index is 806. The van der Waals surface area contributed by atoms with E-state index in [1.807, 2.05) is 46.9 Å². The first-order valence-corrected chi connectivity index (χ1v) is 11.0. The van der Waals surface area contributed by atoms with Crippen LogP contribution in [-0.4, -0.2) is 60.1 Å². The maximum Gasteiger partial charge on any atom is 0.464 e. The van der Waals surface area contributed by atoms with Gasteiger partial charge in [-0.15, -0.1) is 0 Å². The highest BCUT2D eigenvalue weighted by Crippen LogP contribution is 2.40. The van der Waals surface area contributed by atoms with Crippen molar-refractivity contribution >= 4 is 19.7 Å². The molecule has 3 heterocycles. The number of nitrogens with zero attached hydrogens (tertiary/aromatic N) is 2. The molecule has 0 radical (unpaired) electrons.